The lowest BCUT2D eigenvalue weighted by molar-refractivity contribution is -0.121. The Morgan fingerprint density at radius 2 is 2.05 bits per heavy atom. The molecule has 0 heterocycles. The summed E-state index contributed by atoms with van der Waals surface area (Å²) in [7, 11) is 0. The van der Waals surface area contributed by atoms with Gasteiger partial charge in [-0.2, -0.15) is 0 Å². The van der Waals surface area contributed by atoms with Crippen LogP contribution >= 0.6 is 11.6 Å². The Morgan fingerprint density at radius 3 is 2.63 bits per heavy atom. The van der Waals surface area contributed by atoms with Gasteiger partial charge < -0.3 is 10.6 Å². The van der Waals surface area contributed by atoms with Gasteiger partial charge in [0.2, 0.25) is 5.91 Å². The summed E-state index contributed by atoms with van der Waals surface area (Å²) >= 11 is 5.87. The monoisotopic (exact) mass is 280 g/mol. The second kappa shape index (κ2) is 6.92. The van der Waals surface area contributed by atoms with Gasteiger partial charge in [0.25, 0.3) is 0 Å². The molecule has 1 aromatic carbocycles. The van der Waals surface area contributed by atoms with Gasteiger partial charge in [-0.3, -0.25) is 4.79 Å². The summed E-state index contributed by atoms with van der Waals surface area (Å²) in [6.45, 7) is 2.84. The number of hydrogen-bond acceptors (Lipinski definition) is 2. The van der Waals surface area contributed by atoms with Crippen LogP contribution in [-0.2, 0) is 4.79 Å². The quantitative estimate of drug-likeness (QED) is 0.806. The maximum atomic E-state index is 11.9. The topological polar surface area (TPSA) is 41.1 Å². The van der Waals surface area contributed by atoms with E-state index < -0.39 is 0 Å². The highest BCUT2D eigenvalue weighted by Crippen LogP contribution is 2.20. The molecular weight excluding hydrogens is 260 g/mol. The Balaban J connectivity index is 1.79. The minimum Gasteiger partial charge on any atom is -0.349 e. The van der Waals surface area contributed by atoms with Crippen molar-refractivity contribution in [3.05, 3.63) is 34.9 Å². The lowest BCUT2D eigenvalue weighted by Gasteiger charge is -2.17. The van der Waals surface area contributed by atoms with Gasteiger partial charge in [-0.15, -0.1) is 0 Å². The fraction of sp³-hybridized carbons (Fsp3) is 0.533. The Morgan fingerprint density at radius 1 is 1.37 bits per heavy atom. The van der Waals surface area contributed by atoms with E-state index in [1.165, 1.54) is 12.8 Å². The molecule has 2 rings (SSSR count). The number of benzene rings is 1. The van der Waals surface area contributed by atoms with Gasteiger partial charge in [-0.1, -0.05) is 30.7 Å². The van der Waals surface area contributed by atoms with Gasteiger partial charge in [0.15, 0.2) is 0 Å². The average Bonchev–Trinajstić information content (AvgIpc) is 3.21. The normalized spacial score (nSPS) is 16.1. The molecule has 1 fully saturated rings. The first kappa shape index (κ1) is 14.4. The zero-order chi connectivity index (χ0) is 13.7. The van der Waals surface area contributed by atoms with Crippen molar-refractivity contribution in [1.82, 2.24) is 10.6 Å². The zero-order valence-electron chi connectivity index (χ0n) is 11.3. The number of hydrogen-bond donors (Lipinski definition) is 2. The zero-order valence-corrected chi connectivity index (χ0v) is 12.0. The third kappa shape index (κ3) is 4.84. The van der Waals surface area contributed by atoms with Crippen molar-refractivity contribution in [1.29, 1.82) is 0 Å². The fourth-order valence-electron chi connectivity index (χ4n) is 2.06. The molecule has 0 saturated heterocycles. The van der Waals surface area contributed by atoms with E-state index in [4.69, 9.17) is 11.6 Å². The second-order valence-electron chi connectivity index (χ2n) is 5.06. The first-order valence-corrected chi connectivity index (χ1v) is 7.35. The van der Waals surface area contributed by atoms with E-state index in [-0.39, 0.29) is 11.9 Å². The van der Waals surface area contributed by atoms with Crippen LogP contribution in [0.2, 0.25) is 5.02 Å². The molecule has 1 atom stereocenters. The highest BCUT2D eigenvalue weighted by Gasteiger charge is 2.20. The maximum Gasteiger partial charge on any atom is 0.221 e. The Bertz CT molecular complexity index is 415. The first-order valence-electron chi connectivity index (χ1n) is 6.97. The summed E-state index contributed by atoms with van der Waals surface area (Å²) < 4.78 is 0. The standard InChI is InChI=1S/C15H21ClN2O/c1-2-14(11-3-5-12(16)6-4-11)18-15(19)9-10-17-13-7-8-13/h3-6,13-14,17H,2,7-10H2,1H3,(H,18,19). The molecule has 0 radical (unpaired) electrons. The van der Waals surface area contributed by atoms with Crippen LogP contribution in [0.25, 0.3) is 0 Å². The molecule has 0 aliphatic heterocycles. The lowest BCUT2D eigenvalue weighted by atomic mass is 10.0. The number of carbonyl (C=O) groups is 1. The van der Waals surface area contributed by atoms with Crippen LogP contribution < -0.4 is 10.6 Å². The van der Waals surface area contributed by atoms with Crippen molar-refractivity contribution >= 4 is 17.5 Å². The highest BCUT2D eigenvalue weighted by atomic mass is 35.5. The van der Waals surface area contributed by atoms with Gasteiger partial charge in [-0.05, 0) is 37.0 Å². The first-order chi connectivity index (χ1) is 9.19. The number of rotatable bonds is 7. The number of nitrogens with one attached hydrogen (secondary N) is 2. The molecule has 1 amide bonds. The SMILES string of the molecule is CCC(NC(=O)CCNC1CC1)c1ccc(Cl)cc1. The van der Waals surface area contributed by atoms with Gasteiger partial charge in [-0.25, -0.2) is 0 Å². The van der Waals surface area contributed by atoms with Crippen LogP contribution in [0, 0.1) is 0 Å². The maximum absolute atomic E-state index is 11.9. The van der Waals surface area contributed by atoms with Gasteiger partial charge in [0.05, 0.1) is 6.04 Å². The summed E-state index contributed by atoms with van der Waals surface area (Å²) in [4.78, 5) is 11.9. The third-order valence-electron chi connectivity index (χ3n) is 3.38. The molecule has 3 nitrogen and oxygen atoms in total. The molecule has 2 N–H and O–H groups in total. The molecule has 1 aliphatic carbocycles. The summed E-state index contributed by atoms with van der Waals surface area (Å²) in [5, 5.41) is 7.14. The van der Waals surface area contributed by atoms with Crippen molar-refractivity contribution in [3.8, 4) is 0 Å². The molecule has 0 spiro atoms. The molecule has 19 heavy (non-hydrogen) atoms. The van der Waals surface area contributed by atoms with E-state index in [9.17, 15) is 4.79 Å². The van der Waals surface area contributed by atoms with Crippen molar-refractivity contribution < 1.29 is 4.79 Å². The molecular formula is C15H21ClN2O. The van der Waals surface area contributed by atoms with Crippen molar-refractivity contribution in [2.75, 3.05) is 6.54 Å². The molecule has 104 valence electrons. The van der Waals surface area contributed by atoms with E-state index >= 15 is 0 Å². The van der Waals surface area contributed by atoms with Crippen molar-refractivity contribution in [2.45, 2.75) is 44.7 Å². The van der Waals surface area contributed by atoms with Crippen LogP contribution in [0.1, 0.15) is 44.2 Å². The number of halogens is 1. The van der Waals surface area contributed by atoms with E-state index in [1.54, 1.807) is 0 Å². The van der Waals surface area contributed by atoms with E-state index in [1.807, 2.05) is 24.3 Å². The average molecular weight is 281 g/mol. The van der Waals surface area contributed by atoms with Crippen molar-refractivity contribution in [3.63, 3.8) is 0 Å². The van der Waals surface area contributed by atoms with Crippen LogP contribution in [0.3, 0.4) is 0 Å². The predicted octanol–water partition coefficient (Wildman–Crippen LogP) is 3.05. The highest BCUT2D eigenvalue weighted by molar-refractivity contribution is 6.30. The molecule has 0 aromatic heterocycles. The lowest BCUT2D eigenvalue weighted by Crippen LogP contribution is -2.31. The van der Waals surface area contributed by atoms with Crippen LogP contribution in [-0.4, -0.2) is 18.5 Å². The van der Waals surface area contributed by atoms with Crippen LogP contribution in [0.5, 0.6) is 0 Å². The summed E-state index contributed by atoms with van der Waals surface area (Å²) in [5.74, 6) is 0.106. The van der Waals surface area contributed by atoms with Crippen LogP contribution in [0.4, 0.5) is 0 Å². The molecule has 1 saturated carbocycles. The predicted molar refractivity (Wildman–Crippen MR) is 78.3 cm³/mol. The van der Waals surface area contributed by atoms with Crippen LogP contribution in [0.15, 0.2) is 24.3 Å². The molecule has 4 heteroatoms. The van der Waals surface area contributed by atoms with E-state index in [0.29, 0.717) is 12.5 Å². The smallest absolute Gasteiger partial charge is 0.221 e. The van der Waals surface area contributed by atoms with Gasteiger partial charge >= 0.3 is 0 Å². The molecule has 1 unspecified atom stereocenters. The minimum atomic E-state index is 0.0747. The second-order valence-corrected chi connectivity index (χ2v) is 5.49. The van der Waals surface area contributed by atoms with Gasteiger partial charge in [0, 0.05) is 24.0 Å². The van der Waals surface area contributed by atoms with Gasteiger partial charge in [0.1, 0.15) is 0 Å². The van der Waals surface area contributed by atoms with E-state index in [2.05, 4.69) is 17.6 Å². The molecule has 1 aliphatic rings. The number of carbonyl (C=O) groups excluding carboxylic acids is 1. The fourth-order valence-corrected chi connectivity index (χ4v) is 2.19. The Labute approximate surface area is 119 Å². The van der Waals surface area contributed by atoms with E-state index in [0.717, 1.165) is 23.6 Å². The Kier molecular flexibility index (Phi) is 5.23. The largest absolute Gasteiger partial charge is 0.349 e. The molecule has 0 bridgehead atoms. The number of amides is 1. The molecule has 1 aromatic rings. The third-order valence-corrected chi connectivity index (χ3v) is 3.63. The summed E-state index contributed by atoms with van der Waals surface area (Å²) in [6.07, 6.45) is 3.93. The Hall–Kier alpha value is -1.06. The minimum absolute atomic E-state index is 0.0747. The van der Waals surface area contributed by atoms with Crippen molar-refractivity contribution in [2.24, 2.45) is 0 Å². The summed E-state index contributed by atoms with van der Waals surface area (Å²) in [5.41, 5.74) is 1.11. The summed E-state index contributed by atoms with van der Waals surface area (Å²) in [6, 6.07) is 8.40.